The Morgan fingerprint density at radius 1 is 1.21 bits per heavy atom. The molecule has 1 atom stereocenters. The van der Waals surface area contributed by atoms with E-state index in [9.17, 15) is 4.39 Å². The molecule has 2 aromatic carbocycles. The van der Waals surface area contributed by atoms with Gasteiger partial charge in [0.25, 0.3) is 0 Å². The highest BCUT2D eigenvalue weighted by molar-refractivity contribution is 6.31. The SMILES string of the molecule is Cc1ccc(C(Cc2ccc(F)cc2Cl)NN)cc1. The summed E-state index contributed by atoms with van der Waals surface area (Å²) in [7, 11) is 0. The summed E-state index contributed by atoms with van der Waals surface area (Å²) in [6.45, 7) is 2.03. The van der Waals surface area contributed by atoms with Crippen LogP contribution >= 0.6 is 11.6 Å². The maximum atomic E-state index is 13.0. The van der Waals surface area contributed by atoms with Crippen molar-refractivity contribution in [2.75, 3.05) is 0 Å². The van der Waals surface area contributed by atoms with Crippen LogP contribution in [0.4, 0.5) is 4.39 Å². The maximum Gasteiger partial charge on any atom is 0.124 e. The second-order valence-electron chi connectivity index (χ2n) is 4.57. The molecular weight excluding hydrogens is 263 g/mol. The van der Waals surface area contributed by atoms with Gasteiger partial charge in [0.2, 0.25) is 0 Å². The normalized spacial score (nSPS) is 12.4. The lowest BCUT2D eigenvalue weighted by Gasteiger charge is -2.17. The topological polar surface area (TPSA) is 38.0 Å². The number of nitrogens with two attached hydrogens (primary N) is 1. The Balaban J connectivity index is 2.21. The fourth-order valence-corrected chi connectivity index (χ4v) is 2.22. The van der Waals surface area contributed by atoms with E-state index in [-0.39, 0.29) is 11.9 Å². The monoisotopic (exact) mass is 278 g/mol. The minimum atomic E-state index is -0.332. The van der Waals surface area contributed by atoms with Gasteiger partial charge >= 0.3 is 0 Å². The van der Waals surface area contributed by atoms with Gasteiger partial charge in [0.1, 0.15) is 5.82 Å². The maximum absolute atomic E-state index is 13.0. The molecule has 0 heterocycles. The molecule has 19 heavy (non-hydrogen) atoms. The smallest absolute Gasteiger partial charge is 0.124 e. The van der Waals surface area contributed by atoms with Crippen molar-refractivity contribution in [3.05, 3.63) is 70.0 Å². The summed E-state index contributed by atoms with van der Waals surface area (Å²) >= 11 is 6.03. The minimum Gasteiger partial charge on any atom is -0.271 e. The average molecular weight is 279 g/mol. The van der Waals surface area contributed by atoms with Crippen LogP contribution in [0.15, 0.2) is 42.5 Å². The second kappa shape index (κ2) is 6.15. The first kappa shape index (κ1) is 14.0. The zero-order chi connectivity index (χ0) is 13.8. The molecule has 0 saturated heterocycles. The van der Waals surface area contributed by atoms with E-state index in [1.807, 2.05) is 31.2 Å². The van der Waals surface area contributed by atoms with Gasteiger partial charge in [0, 0.05) is 5.02 Å². The van der Waals surface area contributed by atoms with Crippen molar-refractivity contribution in [2.45, 2.75) is 19.4 Å². The van der Waals surface area contributed by atoms with Crippen molar-refractivity contribution in [3.8, 4) is 0 Å². The highest BCUT2D eigenvalue weighted by Gasteiger charge is 2.12. The van der Waals surface area contributed by atoms with Gasteiger partial charge in [-0.15, -0.1) is 0 Å². The molecule has 2 nitrogen and oxygen atoms in total. The van der Waals surface area contributed by atoms with Crippen molar-refractivity contribution in [2.24, 2.45) is 5.84 Å². The predicted molar refractivity (Wildman–Crippen MR) is 76.4 cm³/mol. The van der Waals surface area contributed by atoms with Gasteiger partial charge in [-0.05, 0) is 36.6 Å². The lowest BCUT2D eigenvalue weighted by atomic mass is 9.98. The highest BCUT2D eigenvalue weighted by atomic mass is 35.5. The lowest BCUT2D eigenvalue weighted by molar-refractivity contribution is 0.551. The van der Waals surface area contributed by atoms with Crippen LogP contribution in [0.1, 0.15) is 22.7 Å². The molecule has 2 rings (SSSR count). The summed E-state index contributed by atoms with van der Waals surface area (Å²) in [6, 6.07) is 12.5. The first-order valence-corrected chi connectivity index (χ1v) is 6.44. The summed E-state index contributed by atoms with van der Waals surface area (Å²) in [5.41, 5.74) is 5.91. The van der Waals surface area contributed by atoms with Gasteiger partial charge in [0.05, 0.1) is 6.04 Å². The molecule has 0 saturated carbocycles. The van der Waals surface area contributed by atoms with E-state index in [2.05, 4.69) is 5.43 Å². The van der Waals surface area contributed by atoms with Crippen LogP contribution in [-0.4, -0.2) is 0 Å². The number of nitrogens with one attached hydrogen (secondary N) is 1. The van der Waals surface area contributed by atoms with Crippen LogP contribution < -0.4 is 11.3 Å². The Morgan fingerprint density at radius 3 is 2.47 bits per heavy atom. The number of hydrazine groups is 1. The molecule has 0 aliphatic rings. The molecule has 0 bridgehead atoms. The van der Waals surface area contributed by atoms with Crippen molar-refractivity contribution < 1.29 is 4.39 Å². The average Bonchev–Trinajstić information content (AvgIpc) is 2.39. The van der Waals surface area contributed by atoms with Crippen molar-refractivity contribution in [1.29, 1.82) is 0 Å². The van der Waals surface area contributed by atoms with Crippen LogP contribution in [0.2, 0.25) is 5.02 Å². The zero-order valence-electron chi connectivity index (χ0n) is 10.7. The van der Waals surface area contributed by atoms with Gasteiger partial charge < -0.3 is 0 Å². The molecule has 0 aromatic heterocycles. The quantitative estimate of drug-likeness (QED) is 0.663. The van der Waals surface area contributed by atoms with E-state index in [0.29, 0.717) is 11.4 Å². The molecule has 0 fully saturated rings. The standard InChI is InChI=1S/C15H16ClFN2/c1-10-2-4-11(5-3-10)15(19-18)8-12-6-7-13(17)9-14(12)16/h2-7,9,15,19H,8,18H2,1H3. The molecule has 2 aromatic rings. The third kappa shape index (κ3) is 3.53. The fraction of sp³-hybridized carbons (Fsp3) is 0.200. The van der Waals surface area contributed by atoms with Crippen LogP contribution in [-0.2, 0) is 6.42 Å². The number of hydrogen-bond acceptors (Lipinski definition) is 2. The Morgan fingerprint density at radius 2 is 1.89 bits per heavy atom. The third-order valence-corrected chi connectivity index (χ3v) is 3.47. The molecule has 4 heteroatoms. The molecule has 0 amide bonds. The Labute approximate surface area is 117 Å². The molecule has 3 N–H and O–H groups in total. The number of aryl methyl sites for hydroxylation is 1. The van der Waals surface area contributed by atoms with Gasteiger partial charge in [-0.25, -0.2) is 4.39 Å². The summed E-state index contributed by atoms with van der Waals surface area (Å²) in [4.78, 5) is 0. The van der Waals surface area contributed by atoms with Gasteiger partial charge in [-0.1, -0.05) is 47.5 Å². The van der Waals surface area contributed by atoms with E-state index in [4.69, 9.17) is 17.4 Å². The van der Waals surface area contributed by atoms with E-state index in [1.54, 1.807) is 6.07 Å². The van der Waals surface area contributed by atoms with Gasteiger partial charge in [0.15, 0.2) is 0 Å². The minimum absolute atomic E-state index is 0.0523. The predicted octanol–water partition coefficient (Wildman–Crippen LogP) is 3.53. The molecule has 0 radical (unpaired) electrons. The molecule has 0 aliphatic heterocycles. The summed E-state index contributed by atoms with van der Waals surface area (Å²) in [5, 5.41) is 0.423. The van der Waals surface area contributed by atoms with Crippen LogP contribution in [0.25, 0.3) is 0 Å². The zero-order valence-corrected chi connectivity index (χ0v) is 11.4. The second-order valence-corrected chi connectivity index (χ2v) is 4.98. The molecule has 100 valence electrons. The Hall–Kier alpha value is -1.42. The first-order valence-electron chi connectivity index (χ1n) is 6.07. The number of hydrogen-bond donors (Lipinski definition) is 2. The summed E-state index contributed by atoms with van der Waals surface area (Å²) in [5.74, 6) is 5.27. The van der Waals surface area contributed by atoms with Crippen LogP contribution in [0.3, 0.4) is 0 Å². The summed E-state index contributed by atoms with van der Waals surface area (Å²) < 4.78 is 13.0. The largest absolute Gasteiger partial charge is 0.271 e. The fourth-order valence-electron chi connectivity index (χ4n) is 1.98. The molecule has 0 aliphatic carbocycles. The van der Waals surface area contributed by atoms with E-state index >= 15 is 0 Å². The number of benzene rings is 2. The molecular formula is C15H16ClFN2. The van der Waals surface area contributed by atoms with Crippen LogP contribution in [0, 0.1) is 12.7 Å². The molecule has 0 spiro atoms. The van der Waals surface area contributed by atoms with Crippen molar-refractivity contribution in [3.63, 3.8) is 0 Å². The Kier molecular flexibility index (Phi) is 4.53. The van der Waals surface area contributed by atoms with Crippen LogP contribution in [0.5, 0.6) is 0 Å². The van der Waals surface area contributed by atoms with E-state index < -0.39 is 0 Å². The lowest BCUT2D eigenvalue weighted by Crippen LogP contribution is -2.29. The number of rotatable bonds is 4. The van der Waals surface area contributed by atoms with Crippen molar-refractivity contribution >= 4 is 11.6 Å². The van der Waals surface area contributed by atoms with Crippen molar-refractivity contribution in [1.82, 2.24) is 5.43 Å². The van der Waals surface area contributed by atoms with Gasteiger partial charge in [-0.3, -0.25) is 11.3 Å². The summed E-state index contributed by atoms with van der Waals surface area (Å²) in [6.07, 6.45) is 0.610. The van der Waals surface area contributed by atoms with E-state index in [1.165, 1.54) is 17.7 Å². The molecule has 1 unspecified atom stereocenters. The van der Waals surface area contributed by atoms with Gasteiger partial charge in [-0.2, -0.15) is 0 Å². The number of halogens is 2. The Bertz CT molecular complexity index is 555. The van der Waals surface area contributed by atoms with E-state index in [0.717, 1.165) is 11.1 Å². The first-order chi connectivity index (χ1) is 9.10. The third-order valence-electron chi connectivity index (χ3n) is 3.12. The highest BCUT2D eigenvalue weighted by Crippen LogP contribution is 2.24.